The number of hydrogen-bond donors (Lipinski definition) is 2. The standard InChI is InChI=1S/C20H21FN4O2S/c21-16-5-3-15(4-6-16)18-14-28-20(23-18)25-9-7-24(8-10-25)13-19(26)22-12-17-2-1-11-27-17/h1-6,11,14H,7-10,12-13H2,(H,22,26)/p+1. The van der Waals surface area contributed by atoms with Gasteiger partial charge >= 0.3 is 0 Å². The van der Waals surface area contributed by atoms with Crippen LogP contribution in [0.2, 0.25) is 0 Å². The quantitative estimate of drug-likeness (QED) is 0.658. The Morgan fingerprint density at radius 2 is 2.04 bits per heavy atom. The Balaban J connectivity index is 1.26. The fourth-order valence-corrected chi connectivity index (χ4v) is 4.13. The van der Waals surface area contributed by atoms with E-state index in [1.165, 1.54) is 17.0 Å². The first-order chi connectivity index (χ1) is 13.7. The van der Waals surface area contributed by atoms with Crippen LogP contribution in [-0.4, -0.2) is 43.6 Å². The van der Waals surface area contributed by atoms with Crippen molar-refractivity contribution in [2.45, 2.75) is 6.54 Å². The molecule has 1 saturated heterocycles. The lowest BCUT2D eigenvalue weighted by atomic mass is 10.2. The van der Waals surface area contributed by atoms with Crippen LogP contribution >= 0.6 is 11.3 Å². The van der Waals surface area contributed by atoms with Gasteiger partial charge in [-0.15, -0.1) is 11.3 Å². The molecule has 0 unspecified atom stereocenters. The van der Waals surface area contributed by atoms with Crippen molar-refractivity contribution in [2.24, 2.45) is 0 Å². The zero-order valence-corrected chi connectivity index (χ0v) is 16.2. The van der Waals surface area contributed by atoms with E-state index in [0.717, 1.165) is 48.3 Å². The minimum absolute atomic E-state index is 0.0349. The lowest BCUT2D eigenvalue weighted by Crippen LogP contribution is -3.15. The minimum atomic E-state index is -0.244. The van der Waals surface area contributed by atoms with Crippen LogP contribution < -0.4 is 15.1 Å². The van der Waals surface area contributed by atoms with Crippen molar-refractivity contribution in [3.05, 3.63) is 59.6 Å². The van der Waals surface area contributed by atoms with Gasteiger partial charge in [-0.3, -0.25) is 4.79 Å². The molecule has 1 fully saturated rings. The Kier molecular flexibility index (Phi) is 5.68. The largest absolute Gasteiger partial charge is 0.467 e. The summed E-state index contributed by atoms with van der Waals surface area (Å²) >= 11 is 1.60. The van der Waals surface area contributed by atoms with E-state index in [0.29, 0.717) is 13.1 Å². The van der Waals surface area contributed by atoms with Crippen molar-refractivity contribution >= 4 is 22.4 Å². The molecule has 1 aromatic carbocycles. The van der Waals surface area contributed by atoms with Crippen LogP contribution in [0.25, 0.3) is 11.3 Å². The Bertz CT molecular complexity index is 903. The maximum absolute atomic E-state index is 13.1. The normalized spacial score (nSPS) is 15.0. The van der Waals surface area contributed by atoms with E-state index in [1.54, 1.807) is 29.7 Å². The molecule has 0 aliphatic carbocycles. The number of piperazine rings is 1. The van der Waals surface area contributed by atoms with Crippen molar-refractivity contribution < 1.29 is 18.5 Å². The molecule has 6 nitrogen and oxygen atoms in total. The molecule has 1 aliphatic rings. The third kappa shape index (κ3) is 4.58. The van der Waals surface area contributed by atoms with Gasteiger partial charge in [0.1, 0.15) is 11.6 Å². The molecule has 1 aliphatic heterocycles. The summed E-state index contributed by atoms with van der Waals surface area (Å²) < 4.78 is 18.3. The van der Waals surface area contributed by atoms with E-state index >= 15 is 0 Å². The number of benzene rings is 1. The number of nitrogens with one attached hydrogen (secondary N) is 2. The molecule has 0 radical (unpaired) electrons. The Morgan fingerprint density at radius 3 is 2.75 bits per heavy atom. The zero-order valence-electron chi connectivity index (χ0n) is 15.4. The van der Waals surface area contributed by atoms with Crippen molar-refractivity contribution in [1.82, 2.24) is 10.3 Å². The van der Waals surface area contributed by atoms with Gasteiger partial charge in [-0.25, -0.2) is 9.37 Å². The monoisotopic (exact) mass is 401 g/mol. The predicted octanol–water partition coefficient (Wildman–Crippen LogP) is 1.56. The number of amides is 1. The molecule has 2 N–H and O–H groups in total. The van der Waals surface area contributed by atoms with E-state index in [1.807, 2.05) is 17.5 Å². The predicted molar refractivity (Wildman–Crippen MR) is 106 cm³/mol. The Morgan fingerprint density at radius 1 is 1.25 bits per heavy atom. The number of anilines is 1. The van der Waals surface area contributed by atoms with Gasteiger partial charge in [0.15, 0.2) is 11.7 Å². The summed E-state index contributed by atoms with van der Waals surface area (Å²) in [6.07, 6.45) is 1.60. The molecule has 146 valence electrons. The fourth-order valence-electron chi connectivity index (χ4n) is 3.24. The second-order valence-electron chi connectivity index (χ2n) is 6.79. The highest BCUT2D eigenvalue weighted by Crippen LogP contribution is 2.27. The van der Waals surface area contributed by atoms with Gasteiger partial charge in [0.05, 0.1) is 44.7 Å². The highest BCUT2D eigenvalue weighted by Gasteiger charge is 2.24. The summed E-state index contributed by atoms with van der Waals surface area (Å²) in [5.41, 5.74) is 1.79. The molecular weight excluding hydrogens is 379 g/mol. The molecule has 0 saturated carbocycles. The summed E-state index contributed by atoms with van der Waals surface area (Å²) in [5.74, 6) is 0.549. The zero-order chi connectivity index (χ0) is 19.3. The average Bonchev–Trinajstić information content (AvgIpc) is 3.40. The second-order valence-corrected chi connectivity index (χ2v) is 7.63. The van der Waals surface area contributed by atoms with Crippen LogP contribution in [0.5, 0.6) is 0 Å². The first-order valence-electron chi connectivity index (χ1n) is 9.26. The van der Waals surface area contributed by atoms with E-state index in [9.17, 15) is 9.18 Å². The van der Waals surface area contributed by atoms with E-state index < -0.39 is 0 Å². The smallest absolute Gasteiger partial charge is 0.275 e. The number of furan rings is 1. The molecule has 28 heavy (non-hydrogen) atoms. The summed E-state index contributed by atoms with van der Waals surface area (Å²) in [7, 11) is 0. The molecule has 3 aromatic rings. The number of quaternary nitrogens is 1. The number of halogens is 1. The fraction of sp³-hybridized carbons (Fsp3) is 0.300. The first kappa shape index (κ1) is 18.6. The van der Waals surface area contributed by atoms with Gasteiger partial charge in [0.2, 0.25) is 0 Å². The van der Waals surface area contributed by atoms with Crippen LogP contribution in [0.15, 0.2) is 52.5 Å². The number of rotatable bonds is 6. The van der Waals surface area contributed by atoms with Gasteiger partial charge in [-0.2, -0.15) is 0 Å². The van der Waals surface area contributed by atoms with Crippen molar-refractivity contribution in [2.75, 3.05) is 37.6 Å². The number of carbonyl (C=O) groups is 1. The van der Waals surface area contributed by atoms with Gasteiger partial charge in [-0.05, 0) is 36.4 Å². The van der Waals surface area contributed by atoms with Crippen molar-refractivity contribution in [3.8, 4) is 11.3 Å². The third-order valence-corrected chi connectivity index (χ3v) is 5.72. The molecule has 4 rings (SSSR count). The summed E-state index contributed by atoms with van der Waals surface area (Å²) in [6, 6.07) is 10.1. The van der Waals surface area contributed by atoms with Gasteiger partial charge in [-0.1, -0.05) is 0 Å². The highest BCUT2D eigenvalue weighted by molar-refractivity contribution is 7.14. The summed E-state index contributed by atoms with van der Waals surface area (Å²) in [4.78, 5) is 20.3. The molecular formula is C20H22FN4O2S+. The highest BCUT2D eigenvalue weighted by atomic mass is 32.1. The molecule has 3 heterocycles. The lowest BCUT2D eigenvalue weighted by molar-refractivity contribution is -0.892. The van der Waals surface area contributed by atoms with Gasteiger partial charge < -0.3 is 19.5 Å². The maximum Gasteiger partial charge on any atom is 0.275 e. The topological polar surface area (TPSA) is 62.8 Å². The van der Waals surface area contributed by atoms with Crippen molar-refractivity contribution in [1.29, 1.82) is 0 Å². The van der Waals surface area contributed by atoms with Crippen molar-refractivity contribution in [3.63, 3.8) is 0 Å². The van der Waals surface area contributed by atoms with Gasteiger partial charge in [0, 0.05) is 10.9 Å². The number of aromatic nitrogens is 1. The van der Waals surface area contributed by atoms with E-state index in [-0.39, 0.29) is 11.7 Å². The van der Waals surface area contributed by atoms with Gasteiger partial charge in [0.25, 0.3) is 5.91 Å². The Hall–Kier alpha value is -2.71. The van der Waals surface area contributed by atoms with Crippen LogP contribution in [0.4, 0.5) is 9.52 Å². The minimum Gasteiger partial charge on any atom is -0.467 e. The van der Waals surface area contributed by atoms with Crippen LogP contribution in [-0.2, 0) is 11.3 Å². The summed E-state index contributed by atoms with van der Waals surface area (Å²) in [5, 5.41) is 5.87. The van der Waals surface area contributed by atoms with Crippen LogP contribution in [0.1, 0.15) is 5.76 Å². The number of hydrogen-bond acceptors (Lipinski definition) is 5. The molecule has 0 spiro atoms. The number of thiazole rings is 1. The SMILES string of the molecule is O=C(C[NH+]1CCN(c2nc(-c3ccc(F)cc3)cs2)CC1)NCc1ccco1. The molecule has 0 atom stereocenters. The molecule has 8 heteroatoms. The number of carbonyl (C=O) groups excluding carboxylic acids is 1. The first-order valence-corrected chi connectivity index (χ1v) is 10.1. The molecule has 1 amide bonds. The van der Waals surface area contributed by atoms with Crippen LogP contribution in [0, 0.1) is 5.82 Å². The number of nitrogens with zero attached hydrogens (tertiary/aromatic N) is 2. The molecule has 0 bridgehead atoms. The summed E-state index contributed by atoms with van der Waals surface area (Å²) in [6.45, 7) is 4.39. The second kappa shape index (κ2) is 8.53. The molecule has 2 aromatic heterocycles. The maximum atomic E-state index is 13.1. The van der Waals surface area contributed by atoms with Crippen LogP contribution in [0.3, 0.4) is 0 Å². The van der Waals surface area contributed by atoms with E-state index in [2.05, 4.69) is 10.2 Å². The third-order valence-electron chi connectivity index (χ3n) is 4.82. The lowest BCUT2D eigenvalue weighted by Gasteiger charge is -2.31. The Labute approximate surface area is 166 Å². The average molecular weight is 401 g/mol. The van der Waals surface area contributed by atoms with E-state index in [4.69, 9.17) is 9.40 Å².